The van der Waals surface area contributed by atoms with E-state index in [1.807, 2.05) is 19.1 Å². The van der Waals surface area contributed by atoms with Crippen molar-refractivity contribution in [3.8, 4) is 0 Å². The van der Waals surface area contributed by atoms with Crippen molar-refractivity contribution in [3.05, 3.63) is 59.0 Å². The first-order valence-corrected chi connectivity index (χ1v) is 7.08. The number of carboxylic acids is 1. The van der Waals surface area contributed by atoms with Gasteiger partial charge in [-0.3, -0.25) is 4.79 Å². The highest BCUT2D eigenvalue weighted by molar-refractivity contribution is 5.89. The fourth-order valence-electron chi connectivity index (χ4n) is 2.27. The molecule has 1 amide bonds. The standard InChI is InChI=1S/C17H19NO4/c1-12-7-9-14(22-12)11-18(2)16(19)10-8-13-5-3-4-6-15(13)17(20)21/h3-7,9H,8,10-11H2,1-2H3,(H,20,21). The molecule has 1 aromatic carbocycles. The molecular formula is C17H19NO4. The first-order chi connectivity index (χ1) is 10.5. The maximum absolute atomic E-state index is 12.1. The first kappa shape index (κ1) is 15.8. The molecule has 0 bridgehead atoms. The number of hydrogen-bond donors (Lipinski definition) is 1. The van der Waals surface area contributed by atoms with E-state index in [2.05, 4.69) is 0 Å². The Bertz CT molecular complexity index is 675. The summed E-state index contributed by atoms with van der Waals surface area (Å²) in [4.78, 5) is 24.9. The lowest BCUT2D eigenvalue weighted by Crippen LogP contribution is -2.26. The van der Waals surface area contributed by atoms with E-state index in [1.54, 1.807) is 36.2 Å². The van der Waals surface area contributed by atoms with Crippen LogP contribution in [-0.4, -0.2) is 28.9 Å². The second-order valence-corrected chi connectivity index (χ2v) is 5.22. The Morgan fingerprint density at radius 1 is 1.18 bits per heavy atom. The summed E-state index contributed by atoms with van der Waals surface area (Å²) in [5.74, 6) is 0.530. The smallest absolute Gasteiger partial charge is 0.335 e. The molecule has 5 nitrogen and oxygen atoms in total. The molecule has 2 rings (SSSR count). The molecule has 0 atom stereocenters. The zero-order chi connectivity index (χ0) is 16.1. The van der Waals surface area contributed by atoms with Crippen molar-refractivity contribution in [2.75, 3.05) is 7.05 Å². The molecular weight excluding hydrogens is 282 g/mol. The Morgan fingerprint density at radius 3 is 2.55 bits per heavy atom. The van der Waals surface area contributed by atoms with Gasteiger partial charge in [-0.1, -0.05) is 18.2 Å². The summed E-state index contributed by atoms with van der Waals surface area (Å²) in [5.41, 5.74) is 0.921. The molecule has 1 aromatic heterocycles. The molecule has 0 saturated carbocycles. The number of rotatable bonds is 6. The van der Waals surface area contributed by atoms with Gasteiger partial charge < -0.3 is 14.4 Å². The Labute approximate surface area is 129 Å². The number of aromatic carboxylic acids is 1. The van der Waals surface area contributed by atoms with Crippen LogP contribution >= 0.6 is 0 Å². The maximum atomic E-state index is 12.1. The molecule has 0 unspecified atom stereocenters. The van der Waals surface area contributed by atoms with Gasteiger partial charge in [0.2, 0.25) is 5.91 Å². The van der Waals surface area contributed by atoms with Crippen LogP contribution in [0.25, 0.3) is 0 Å². The fourth-order valence-corrected chi connectivity index (χ4v) is 2.27. The third kappa shape index (κ3) is 3.97. The summed E-state index contributed by atoms with van der Waals surface area (Å²) in [7, 11) is 1.71. The first-order valence-electron chi connectivity index (χ1n) is 7.08. The predicted octanol–water partition coefficient (Wildman–Crippen LogP) is 2.88. The van der Waals surface area contributed by atoms with E-state index in [0.29, 0.717) is 18.5 Å². The van der Waals surface area contributed by atoms with E-state index >= 15 is 0 Å². The van der Waals surface area contributed by atoms with Crippen molar-refractivity contribution in [2.45, 2.75) is 26.3 Å². The summed E-state index contributed by atoms with van der Waals surface area (Å²) in [5, 5.41) is 9.13. The maximum Gasteiger partial charge on any atom is 0.335 e. The monoisotopic (exact) mass is 301 g/mol. The lowest BCUT2D eigenvalue weighted by molar-refractivity contribution is -0.130. The zero-order valence-corrected chi connectivity index (χ0v) is 12.7. The quantitative estimate of drug-likeness (QED) is 0.890. The van der Waals surface area contributed by atoms with Crippen molar-refractivity contribution < 1.29 is 19.1 Å². The minimum atomic E-state index is -0.970. The molecule has 116 valence electrons. The van der Waals surface area contributed by atoms with Crippen LogP contribution in [0.5, 0.6) is 0 Å². The van der Waals surface area contributed by atoms with Gasteiger partial charge in [-0.2, -0.15) is 0 Å². The van der Waals surface area contributed by atoms with Gasteiger partial charge in [0.1, 0.15) is 11.5 Å². The van der Waals surface area contributed by atoms with Gasteiger partial charge in [0.05, 0.1) is 12.1 Å². The van der Waals surface area contributed by atoms with Crippen LogP contribution < -0.4 is 0 Å². The van der Waals surface area contributed by atoms with Crippen LogP contribution in [0.15, 0.2) is 40.8 Å². The number of carboxylic acid groups (broad SMARTS) is 1. The lowest BCUT2D eigenvalue weighted by atomic mass is 10.0. The average Bonchev–Trinajstić information content (AvgIpc) is 2.90. The van der Waals surface area contributed by atoms with Crippen LogP contribution in [0, 0.1) is 6.92 Å². The van der Waals surface area contributed by atoms with Gasteiger partial charge in [0.15, 0.2) is 0 Å². The highest BCUT2D eigenvalue weighted by Gasteiger charge is 2.14. The van der Waals surface area contributed by atoms with E-state index in [0.717, 1.165) is 11.5 Å². The van der Waals surface area contributed by atoms with Crippen LogP contribution in [0.4, 0.5) is 0 Å². The van der Waals surface area contributed by atoms with E-state index in [1.165, 1.54) is 0 Å². The van der Waals surface area contributed by atoms with E-state index in [9.17, 15) is 9.59 Å². The van der Waals surface area contributed by atoms with Crippen molar-refractivity contribution in [1.82, 2.24) is 4.90 Å². The fraction of sp³-hybridized carbons (Fsp3) is 0.294. The number of hydrogen-bond acceptors (Lipinski definition) is 3. The van der Waals surface area contributed by atoms with Crippen molar-refractivity contribution in [3.63, 3.8) is 0 Å². The largest absolute Gasteiger partial charge is 0.478 e. The topological polar surface area (TPSA) is 70.8 Å². The van der Waals surface area contributed by atoms with Crippen molar-refractivity contribution >= 4 is 11.9 Å². The number of carbonyl (C=O) groups excluding carboxylic acids is 1. The number of amides is 1. The second-order valence-electron chi connectivity index (χ2n) is 5.22. The summed E-state index contributed by atoms with van der Waals surface area (Å²) in [6, 6.07) is 10.5. The van der Waals surface area contributed by atoms with E-state index < -0.39 is 5.97 Å². The number of furan rings is 1. The SMILES string of the molecule is Cc1ccc(CN(C)C(=O)CCc2ccccc2C(=O)O)o1. The van der Waals surface area contributed by atoms with Crippen molar-refractivity contribution in [2.24, 2.45) is 0 Å². The highest BCUT2D eigenvalue weighted by Crippen LogP contribution is 2.13. The average molecular weight is 301 g/mol. The van der Waals surface area contributed by atoms with Crippen LogP contribution in [0.3, 0.4) is 0 Å². The highest BCUT2D eigenvalue weighted by atomic mass is 16.4. The molecule has 0 aliphatic carbocycles. The van der Waals surface area contributed by atoms with Gasteiger partial charge in [0, 0.05) is 13.5 Å². The molecule has 0 saturated heterocycles. The Morgan fingerprint density at radius 2 is 1.91 bits per heavy atom. The number of carbonyl (C=O) groups is 2. The van der Waals surface area contributed by atoms with Gasteiger partial charge in [0.25, 0.3) is 0 Å². The zero-order valence-electron chi connectivity index (χ0n) is 12.7. The van der Waals surface area contributed by atoms with Gasteiger partial charge in [-0.05, 0) is 37.1 Å². The number of nitrogens with zero attached hydrogens (tertiary/aromatic N) is 1. The molecule has 0 radical (unpaired) electrons. The summed E-state index contributed by atoms with van der Waals surface area (Å²) in [6.45, 7) is 2.27. The van der Waals surface area contributed by atoms with Crippen molar-refractivity contribution in [1.29, 1.82) is 0 Å². The minimum absolute atomic E-state index is 0.0470. The van der Waals surface area contributed by atoms with Gasteiger partial charge >= 0.3 is 5.97 Å². The van der Waals surface area contributed by atoms with Gasteiger partial charge in [-0.25, -0.2) is 4.79 Å². The summed E-state index contributed by atoms with van der Waals surface area (Å²) < 4.78 is 5.45. The predicted molar refractivity (Wildman–Crippen MR) is 81.6 cm³/mol. The van der Waals surface area contributed by atoms with Crippen LogP contribution in [0.1, 0.15) is 33.9 Å². The molecule has 5 heteroatoms. The molecule has 2 aromatic rings. The van der Waals surface area contributed by atoms with E-state index in [4.69, 9.17) is 9.52 Å². The van der Waals surface area contributed by atoms with Crippen LogP contribution in [-0.2, 0) is 17.8 Å². The molecule has 0 aliphatic heterocycles. The summed E-state index contributed by atoms with van der Waals surface area (Å²) in [6.07, 6.45) is 0.670. The molecule has 1 N–H and O–H groups in total. The summed E-state index contributed by atoms with van der Waals surface area (Å²) >= 11 is 0. The Kier molecular flexibility index (Phi) is 4.99. The number of benzene rings is 1. The molecule has 1 heterocycles. The minimum Gasteiger partial charge on any atom is -0.478 e. The second kappa shape index (κ2) is 6.93. The van der Waals surface area contributed by atoms with E-state index in [-0.39, 0.29) is 17.9 Å². The third-order valence-electron chi connectivity index (χ3n) is 3.47. The normalized spacial score (nSPS) is 10.5. The molecule has 0 spiro atoms. The van der Waals surface area contributed by atoms with Gasteiger partial charge in [-0.15, -0.1) is 0 Å². The molecule has 22 heavy (non-hydrogen) atoms. The third-order valence-corrected chi connectivity index (χ3v) is 3.47. The lowest BCUT2D eigenvalue weighted by Gasteiger charge is -2.16. The molecule has 0 fully saturated rings. The number of aryl methyl sites for hydroxylation is 2. The Balaban J connectivity index is 1.93. The molecule has 0 aliphatic rings. The Hall–Kier alpha value is -2.56. The van der Waals surface area contributed by atoms with Crippen LogP contribution in [0.2, 0.25) is 0 Å².